The fraction of sp³-hybridized carbons (Fsp3) is 0.214. The molecule has 0 radical (unpaired) electrons. The zero-order valence-corrected chi connectivity index (χ0v) is 14.1. The second-order valence-electron chi connectivity index (χ2n) is 4.72. The van der Waals surface area contributed by atoms with Crippen LogP contribution in [-0.2, 0) is 16.6 Å². The Morgan fingerprint density at radius 2 is 1.95 bits per heavy atom. The van der Waals surface area contributed by atoms with Gasteiger partial charge < -0.3 is 5.73 Å². The lowest BCUT2D eigenvalue weighted by Gasteiger charge is -2.13. The van der Waals surface area contributed by atoms with Crippen molar-refractivity contribution >= 4 is 31.8 Å². The second-order valence-corrected chi connectivity index (χ2v) is 7.28. The van der Waals surface area contributed by atoms with E-state index < -0.39 is 10.0 Å². The fourth-order valence-corrected chi connectivity index (χ4v) is 3.53. The van der Waals surface area contributed by atoms with Gasteiger partial charge in [0.2, 0.25) is 0 Å². The summed E-state index contributed by atoms with van der Waals surface area (Å²) in [7, 11) is -3.69. The molecule has 0 saturated carbocycles. The third kappa shape index (κ3) is 3.61. The number of nitrogens with zero attached hydrogens (tertiary/aromatic N) is 1. The van der Waals surface area contributed by atoms with Crippen LogP contribution >= 0.6 is 15.9 Å². The number of nitrogens with one attached hydrogen (secondary N) is 1. The summed E-state index contributed by atoms with van der Waals surface area (Å²) in [6.07, 6.45) is 1.53. The molecule has 0 fully saturated rings. The summed E-state index contributed by atoms with van der Waals surface area (Å²) in [6, 6.07) is 6.75. The van der Waals surface area contributed by atoms with E-state index in [2.05, 4.69) is 25.6 Å². The molecule has 1 heterocycles. The maximum Gasteiger partial charge on any atom is 0.263 e. The number of sulfonamides is 1. The van der Waals surface area contributed by atoms with Crippen LogP contribution in [0.2, 0.25) is 0 Å². The van der Waals surface area contributed by atoms with Gasteiger partial charge in [-0.25, -0.2) is 13.4 Å². The largest absolute Gasteiger partial charge is 0.326 e. The van der Waals surface area contributed by atoms with Gasteiger partial charge in [0.25, 0.3) is 10.0 Å². The second kappa shape index (κ2) is 6.13. The van der Waals surface area contributed by atoms with Gasteiger partial charge in [0.15, 0.2) is 0 Å². The van der Waals surface area contributed by atoms with Crippen LogP contribution in [0, 0.1) is 13.8 Å². The zero-order chi connectivity index (χ0) is 15.6. The predicted molar refractivity (Wildman–Crippen MR) is 86.6 cm³/mol. The number of anilines is 1. The molecule has 0 bridgehead atoms. The van der Waals surface area contributed by atoms with Gasteiger partial charge in [0.05, 0.1) is 4.90 Å². The lowest BCUT2D eigenvalue weighted by atomic mass is 10.1. The van der Waals surface area contributed by atoms with E-state index in [9.17, 15) is 8.42 Å². The van der Waals surface area contributed by atoms with E-state index in [-0.39, 0.29) is 10.7 Å². The third-order valence-corrected chi connectivity index (χ3v) is 5.08. The van der Waals surface area contributed by atoms with Gasteiger partial charge in [-0.3, -0.25) is 4.72 Å². The zero-order valence-electron chi connectivity index (χ0n) is 11.7. The molecule has 0 spiro atoms. The summed E-state index contributed by atoms with van der Waals surface area (Å²) >= 11 is 3.25. The van der Waals surface area contributed by atoms with Crippen molar-refractivity contribution in [1.29, 1.82) is 0 Å². The minimum atomic E-state index is -3.69. The maximum atomic E-state index is 12.5. The van der Waals surface area contributed by atoms with Crippen LogP contribution in [0.5, 0.6) is 0 Å². The summed E-state index contributed by atoms with van der Waals surface area (Å²) in [4.78, 5) is 4.24. The van der Waals surface area contributed by atoms with Gasteiger partial charge in [-0.15, -0.1) is 0 Å². The highest BCUT2D eigenvalue weighted by Gasteiger charge is 2.19. The third-order valence-electron chi connectivity index (χ3n) is 3.11. The van der Waals surface area contributed by atoms with Crippen LogP contribution in [0.15, 0.2) is 39.8 Å². The topological polar surface area (TPSA) is 85.1 Å². The first-order valence-corrected chi connectivity index (χ1v) is 8.55. The van der Waals surface area contributed by atoms with E-state index in [0.29, 0.717) is 12.1 Å². The molecule has 1 aromatic carbocycles. The summed E-state index contributed by atoms with van der Waals surface area (Å²) < 4.78 is 28.2. The van der Waals surface area contributed by atoms with Crippen molar-refractivity contribution in [3.63, 3.8) is 0 Å². The quantitative estimate of drug-likeness (QED) is 0.867. The highest BCUT2D eigenvalue weighted by atomic mass is 79.9. The molecule has 112 valence electrons. The lowest BCUT2D eigenvalue weighted by Crippen LogP contribution is -2.16. The average Bonchev–Trinajstić information content (AvgIpc) is 2.41. The molecule has 7 heteroatoms. The minimum absolute atomic E-state index is 0.221. The SMILES string of the molecule is Cc1cc(C)c(S(=O)(=O)Nc2ccc(Br)cn2)cc1CN. The molecular formula is C14H16BrN3O2S. The van der Waals surface area contributed by atoms with Crippen molar-refractivity contribution in [1.82, 2.24) is 4.98 Å². The standard InChI is InChI=1S/C14H16BrN3O2S/c1-9-5-10(2)13(6-11(9)7-16)21(19,20)18-14-4-3-12(15)8-17-14/h3-6,8H,7,16H2,1-2H3,(H,17,18). The van der Waals surface area contributed by atoms with E-state index in [1.807, 2.05) is 13.0 Å². The molecule has 0 amide bonds. The number of hydrogen-bond acceptors (Lipinski definition) is 4. The van der Waals surface area contributed by atoms with Gasteiger partial charge in [-0.05, 0) is 64.7 Å². The maximum absolute atomic E-state index is 12.5. The Labute approximate surface area is 132 Å². The van der Waals surface area contributed by atoms with Crippen LogP contribution in [0.1, 0.15) is 16.7 Å². The monoisotopic (exact) mass is 369 g/mol. The van der Waals surface area contributed by atoms with Crippen molar-refractivity contribution in [2.24, 2.45) is 5.73 Å². The Balaban J connectivity index is 2.42. The summed E-state index contributed by atoms with van der Waals surface area (Å²) in [5.74, 6) is 0.271. The first-order chi connectivity index (χ1) is 9.83. The average molecular weight is 370 g/mol. The molecule has 0 saturated heterocycles. The fourth-order valence-electron chi connectivity index (χ4n) is 2.01. The van der Waals surface area contributed by atoms with Crippen LogP contribution < -0.4 is 10.5 Å². The first kappa shape index (κ1) is 15.9. The number of aromatic nitrogens is 1. The summed E-state index contributed by atoms with van der Waals surface area (Å²) in [6.45, 7) is 3.97. The van der Waals surface area contributed by atoms with Crippen molar-refractivity contribution in [2.45, 2.75) is 25.3 Å². The molecule has 0 aliphatic heterocycles. The van der Waals surface area contributed by atoms with Crippen molar-refractivity contribution in [3.8, 4) is 0 Å². The number of halogens is 1. The van der Waals surface area contributed by atoms with E-state index in [0.717, 1.165) is 15.6 Å². The number of pyridine rings is 1. The Morgan fingerprint density at radius 1 is 1.24 bits per heavy atom. The molecular weight excluding hydrogens is 354 g/mol. The van der Waals surface area contributed by atoms with Gasteiger partial charge >= 0.3 is 0 Å². The van der Waals surface area contributed by atoms with E-state index in [1.165, 1.54) is 6.20 Å². The Hall–Kier alpha value is -1.44. The molecule has 0 aliphatic carbocycles. The minimum Gasteiger partial charge on any atom is -0.326 e. The Bertz CT molecular complexity index is 759. The number of aryl methyl sites for hydroxylation is 2. The van der Waals surface area contributed by atoms with E-state index in [1.54, 1.807) is 25.1 Å². The predicted octanol–water partition coefficient (Wildman–Crippen LogP) is 2.72. The number of rotatable bonds is 4. The molecule has 0 atom stereocenters. The molecule has 3 N–H and O–H groups in total. The highest BCUT2D eigenvalue weighted by molar-refractivity contribution is 9.10. The van der Waals surface area contributed by atoms with Gasteiger partial charge in [0.1, 0.15) is 5.82 Å². The Kier molecular flexibility index (Phi) is 4.65. The van der Waals surface area contributed by atoms with Crippen LogP contribution in [0.25, 0.3) is 0 Å². The van der Waals surface area contributed by atoms with E-state index in [4.69, 9.17) is 5.73 Å². The molecule has 2 aromatic rings. The van der Waals surface area contributed by atoms with Gasteiger partial charge in [-0.1, -0.05) is 6.07 Å². The highest BCUT2D eigenvalue weighted by Crippen LogP contribution is 2.22. The molecule has 5 nitrogen and oxygen atoms in total. The van der Waals surface area contributed by atoms with E-state index >= 15 is 0 Å². The lowest BCUT2D eigenvalue weighted by molar-refractivity contribution is 0.600. The molecule has 0 unspecified atom stereocenters. The van der Waals surface area contributed by atoms with Gasteiger partial charge in [-0.2, -0.15) is 0 Å². The van der Waals surface area contributed by atoms with Crippen molar-refractivity contribution in [2.75, 3.05) is 4.72 Å². The summed E-state index contributed by atoms with van der Waals surface area (Å²) in [5.41, 5.74) is 8.12. The van der Waals surface area contributed by atoms with Crippen LogP contribution in [0.3, 0.4) is 0 Å². The molecule has 2 rings (SSSR count). The number of benzene rings is 1. The summed E-state index contributed by atoms with van der Waals surface area (Å²) in [5, 5.41) is 0. The van der Waals surface area contributed by atoms with Crippen molar-refractivity contribution in [3.05, 3.63) is 51.6 Å². The van der Waals surface area contributed by atoms with Gasteiger partial charge in [0, 0.05) is 17.2 Å². The molecule has 1 aromatic heterocycles. The Morgan fingerprint density at radius 3 is 2.52 bits per heavy atom. The molecule has 0 aliphatic rings. The molecule has 21 heavy (non-hydrogen) atoms. The van der Waals surface area contributed by atoms with Crippen LogP contribution in [-0.4, -0.2) is 13.4 Å². The first-order valence-electron chi connectivity index (χ1n) is 6.28. The smallest absolute Gasteiger partial charge is 0.263 e. The van der Waals surface area contributed by atoms with Crippen molar-refractivity contribution < 1.29 is 8.42 Å². The number of nitrogens with two attached hydrogens (primary N) is 1. The van der Waals surface area contributed by atoms with Crippen LogP contribution in [0.4, 0.5) is 5.82 Å². The number of hydrogen-bond donors (Lipinski definition) is 2. The normalized spacial score (nSPS) is 11.4.